The maximum Gasteiger partial charge on any atom is 0.191 e. The van der Waals surface area contributed by atoms with Gasteiger partial charge in [0.2, 0.25) is 0 Å². The zero-order valence-corrected chi connectivity index (χ0v) is 22.6. The lowest BCUT2D eigenvalue weighted by molar-refractivity contribution is 0.265. The molecule has 0 spiro atoms. The molecule has 180 valence electrons. The number of rotatable bonds is 7. The Morgan fingerprint density at radius 2 is 2.00 bits per heavy atom. The summed E-state index contributed by atoms with van der Waals surface area (Å²) in [5.41, 5.74) is 9.44. The molecule has 1 saturated heterocycles. The Morgan fingerprint density at radius 1 is 1.30 bits per heavy atom. The molecule has 4 N–H and O–H groups in total. The number of likely N-dealkylation sites (tertiary alicyclic amines) is 1. The summed E-state index contributed by atoms with van der Waals surface area (Å²) in [6, 6.07) is 11.1. The van der Waals surface area contributed by atoms with Gasteiger partial charge in [-0.05, 0) is 51.7 Å². The first kappa shape index (κ1) is 26.9. The van der Waals surface area contributed by atoms with Gasteiger partial charge in [-0.1, -0.05) is 24.6 Å². The van der Waals surface area contributed by atoms with Crippen LogP contribution in [0.2, 0.25) is 0 Å². The van der Waals surface area contributed by atoms with Crippen LogP contribution in [-0.4, -0.2) is 59.4 Å². The number of nitriles is 1. The Balaban J connectivity index is 0.00000385. The van der Waals surface area contributed by atoms with Gasteiger partial charge in [0.15, 0.2) is 5.96 Å². The van der Waals surface area contributed by atoms with Crippen LogP contribution in [0.25, 0.3) is 5.69 Å². The first-order valence-corrected chi connectivity index (χ1v) is 11.4. The van der Waals surface area contributed by atoms with E-state index in [4.69, 9.17) is 5.73 Å². The fourth-order valence-electron chi connectivity index (χ4n) is 4.10. The van der Waals surface area contributed by atoms with Crippen molar-refractivity contribution in [3.63, 3.8) is 0 Å². The van der Waals surface area contributed by atoms with Gasteiger partial charge in [0.1, 0.15) is 17.5 Å². The molecule has 0 saturated carbocycles. The highest BCUT2D eigenvalue weighted by Gasteiger charge is 2.31. The largest absolute Gasteiger partial charge is 0.382 e. The molecule has 2 unspecified atom stereocenters. The van der Waals surface area contributed by atoms with Crippen molar-refractivity contribution in [1.29, 1.82) is 5.26 Å². The van der Waals surface area contributed by atoms with Gasteiger partial charge in [0.25, 0.3) is 0 Å². The van der Waals surface area contributed by atoms with Crippen LogP contribution in [0.3, 0.4) is 0 Å². The lowest BCUT2D eigenvalue weighted by Gasteiger charge is -2.21. The summed E-state index contributed by atoms with van der Waals surface area (Å²) in [4.78, 5) is 6.88. The lowest BCUT2D eigenvalue weighted by atomic mass is 10.1. The molecule has 1 fully saturated rings. The van der Waals surface area contributed by atoms with E-state index in [1.165, 1.54) is 0 Å². The monoisotopic (exact) mass is 564 g/mol. The fraction of sp³-hybridized carbons (Fsp3) is 0.542. The Morgan fingerprint density at radius 3 is 2.58 bits per heavy atom. The molecule has 9 heteroatoms. The van der Waals surface area contributed by atoms with Crippen LogP contribution in [0.15, 0.2) is 29.3 Å². The highest BCUT2D eigenvalue weighted by molar-refractivity contribution is 14.0. The maximum atomic E-state index is 9.60. The minimum atomic E-state index is 0. The summed E-state index contributed by atoms with van der Waals surface area (Å²) in [6.07, 6.45) is 1.48. The minimum Gasteiger partial charge on any atom is -0.382 e. The molecule has 1 aromatic heterocycles. The van der Waals surface area contributed by atoms with E-state index in [2.05, 4.69) is 52.5 Å². The van der Waals surface area contributed by atoms with Gasteiger partial charge in [-0.2, -0.15) is 10.4 Å². The molecule has 1 aliphatic heterocycles. The summed E-state index contributed by atoms with van der Waals surface area (Å²) < 4.78 is 1.66. The number of halogens is 1. The summed E-state index contributed by atoms with van der Waals surface area (Å²) in [7, 11) is 1.80. The summed E-state index contributed by atoms with van der Waals surface area (Å²) in [6.45, 7) is 11.7. The van der Waals surface area contributed by atoms with E-state index in [9.17, 15) is 5.26 Å². The van der Waals surface area contributed by atoms with Crippen LogP contribution in [-0.2, 0) is 6.42 Å². The molecule has 0 bridgehead atoms. The molecule has 1 aliphatic rings. The Kier molecular flexibility index (Phi) is 9.98. The van der Waals surface area contributed by atoms with Crippen LogP contribution in [0.1, 0.15) is 44.0 Å². The number of anilines is 1. The minimum absolute atomic E-state index is 0. The molecular weight excluding hydrogens is 527 g/mol. The number of benzene rings is 1. The third-order valence-electron chi connectivity index (χ3n) is 6.18. The number of aryl methyl sites for hydroxylation is 2. The lowest BCUT2D eigenvalue weighted by Crippen LogP contribution is -2.47. The van der Waals surface area contributed by atoms with Gasteiger partial charge in [-0.3, -0.25) is 9.89 Å². The number of nitrogens with one attached hydrogen (secondary N) is 2. The predicted molar refractivity (Wildman–Crippen MR) is 145 cm³/mol. The summed E-state index contributed by atoms with van der Waals surface area (Å²) in [5, 5.41) is 21.2. The number of nitrogen functional groups attached to an aromatic ring is 1. The van der Waals surface area contributed by atoms with Gasteiger partial charge in [0, 0.05) is 38.8 Å². The number of nitrogens with two attached hydrogens (primary N) is 1. The zero-order chi connectivity index (χ0) is 23.3. The van der Waals surface area contributed by atoms with E-state index < -0.39 is 0 Å². The molecule has 0 amide bonds. The smallest absolute Gasteiger partial charge is 0.191 e. The highest BCUT2D eigenvalue weighted by Crippen LogP contribution is 2.22. The van der Waals surface area contributed by atoms with Crippen molar-refractivity contribution >= 4 is 35.8 Å². The molecular formula is C24H37IN8. The maximum absolute atomic E-state index is 9.60. The van der Waals surface area contributed by atoms with Gasteiger partial charge in [-0.15, -0.1) is 24.0 Å². The van der Waals surface area contributed by atoms with Crippen molar-refractivity contribution in [1.82, 2.24) is 25.3 Å². The predicted octanol–water partition coefficient (Wildman–Crippen LogP) is 3.08. The highest BCUT2D eigenvalue weighted by atomic mass is 127. The number of aliphatic imine (C=N–C) groups is 1. The van der Waals surface area contributed by atoms with E-state index in [0.717, 1.165) is 49.0 Å². The topological polar surface area (TPSA) is 107 Å². The number of nitrogens with zero attached hydrogens (tertiary/aromatic N) is 5. The molecule has 33 heavy (non-hydrogen) atoms. The second kappa shape index (κ2) is 12.2. The van der Waals surface area contributed by atoms with E-state index >= 15 is 0 Å². The third kappa shape index (κ3) is 6.60. The van der Waals surface area contributed by atoms with Crippen LogP contribution < -0.4 is 16.4 Å². The quantitative estimate of drug-likeness (QED) is 0.207. The van der Waals surface area contributed by atoms with Crippen molar-refractivity contribution in [2.45, 2.75) is 52.6 Å². The zero-order valence-electron chi connectivity index (χ0n) is 20.3. The molecule has 2 atom stereocenters. The molecule has 1 aromatic carbocycles. The average molecular weight is 565 g/mol. The van der Waals surface area contributed by atoms with Crippen molar-refractivity contribution < 1.29 is 0 Å². The molecule has 0 radical (unpaired) electrons. The Labute approximate surface area is 214 Å². The number of hydrogen-bond donors (Lipinski definition) is 3. The van der Waals surface area contributed by atoms with Crippen molar-refractivity contribution in [3.05, 3.63) is 41.1 Å². The van der Waals surface area contributed by atoms with Crippen molar-refractivity contribution in [2.75, 3.05) is 32.4 Å². The molecule has 3 rings (SSSR count). The molecule has 2 heterocycles. The Hall–Kier alpha value is -2.32. The van der Waals surface area contributed by atoms with Crippen LogP contribution in [0.5, 0.6) is 0 Å². The molecule has 8 nitrogen and oxygen atoms in total. The SMILES string of the molecule is CN=C(NCCCc1nn(-c2ccc(C)cc2)c(N)c1C#N)NC1CN(C(C)C)CC1C.I. The van der Waals surface area contributed by atoms with E-state index in [1.807, 2.05) is 31.2 Å². The number of guanidine groups is 1. The van der Waals surface area contributed by atoms with E-state index in [1.54, 1.807) is 11.7 Å². The second-order valence-electron chi connectivity index (χ2n) is 8.94. The van der Waals surface area contributed by atoms with Gasteiger partial charge in [0.05, 0.1) is 11.4 Å². The first-order valence-electron chi connectivity index (χ1n) is 11.4. The van der Waals surface area contributed by atoms with Crippen LogP contribution in [0.4, 0.5) is 5.82 Å². The van der Waals surface area contributed by atoms with Gasteiger partial charge >= 0.3 is 0 Å². The van der Waals surface area contributed by atoms with Crippen LogP contribution >= 0.6 is 24.0 Å². The summed E-state index contributed by atoms with van der Waals surface area (Å²) in [5.74, 6) is 1.78. The fourth-order valence-corrected chi connectivity index (χ4v) is 4.10. The average Bonchev–Trinajstić information content (AvgIpc) is 3.30. The normalized spacial score (nSPS) is 18.8. The van der Waals surface area contributed by atoms with Crippen molar-refractivity contribution in [2.24, 2.45) is 10.9 Å². The molecule has 0 aliphatic carbocycles. The summed E-state index contributed by atoms with van der Waals surface area (Å²) >= 11 is 0. The van der Waals surface area contributed by atoms with E-state index in [-0.39, 0.29) is 24.0 Å². The van der Waals surface area contributed by atoms with E-state index in [0.29, 0.717) is 35.8 Å². The third-order valence-corrected chi connectivity index (χ3v) is 6.18. The number of aromatic nitrogens is 2. The second-order valence-corrected chi connectivity index (χ2v) is 8.94. The van der Waals surface area contributed by atoms with Gasteiger partial charge in [-0.25, -0.2) is 4.68 Å². The first-order chi connectivity index (χ1) is 15.3. The Bertz CT molecular complexity index is 974. The number of hydrogen-bond acceptors (Lipinski definition) is 5. The van der Waals surface area contributed by atoms with Crippen molar-refractivity contribution in [3.8, 4) is 11.8 Å². The van der Waals surface area contributed by atoms with Crippen LogP contribution in [0, 0.1) is 24.2 Å². The standard InChI is InChI=1S/C24H36N8.HI/c1-16(2)31-14-18(4)22(15-31)29-24(27-5)28-12-6-7-21-20(13-25)23(26)32(30-21)19-10-8-17(3)9-11-19;/h8-11,16,18,22H,6-7,12,14-15,26H2,1-5H3,(H2,27,28,29);1H. The van der Waals surface area contributed by atoms with Gasteiger partial charge < -0.3 is 16.4 Å². The molecule has 2 aromatic rings.